The van der Waals surface area contributed by atoms with E-state index in [-0.39, 0.29) is 11.1 Å². The summed E-state index contributed by atoms with van der Waals surface area (Å²) in [6.07, 6.45) is 2.32. The van der Waals surface area contributed by atoms with E-state index in [4.69, 9.17) is 4.74 Å². The molecule has 2 aliphatic heterocycles. The number of hydrogen-bond donors (Lipinski definition) is 0. The Morgan fingerprint density at radius 3 is 2.87 bits per heavy atom. The molecule has 2 atom stereocenters. The Hall–Kier alpha value is -0.150. The monoisotopic (exact) mass is 215 g/mol. The number of nitrogens with zero attached hydrogens (tertiary/aromatic N) is 1. The van der Waals surface area contributed by atoms with Crippen LogP contribution in [0.2, 0.25) is 0 Å². The molecule has 2 nitrogen and oxygen atoms in total. The van der Waals surface area contributed by atoms with Gasteiger partial charge in [-0.3, -0.25) is 4.90 Å². The van der Waals surface area contributed by atoms with E-state index in [1.165, 1.54) is 6.42 Å². The van der Waals surface area contributed by atoms with Gasteiger partial charge in [-0.1, -0.05) is 0 Å². The lowest BCUT2D eigenvalue weighted by molar-refractivity contribution is -0.0525. The maximum absolute atomic E-state index is 13.4. The molecule has 88 valence electrons. The van der Waals surface area contributed by atoms with E-state index in [0.717, 1.165) is 13.0 Å². The van der Waals surface area contributed by atoms with E-state index < -0.39 is 6.17 Å². The zero-order chi connectivity index (χ0) is 11.1. The normalized spacial score (nSPS) is 37.2. The Kier molecular flexibility index (Phi) is 2.80. The van der Waals surface area contributed by atoms with Gasteiger partial charge in [0.25, 0.3) is 0 Å². The van der Waals surface area contributed by atoms with Gasteiger partial charge in [0, 0.05) is 18.5 Å². The second-order valence-electron chi connectivity index (χ2n) is 5.98. The molecule has 0 saturated carbocycles. The predicted octanol–water partition coefficient (Wildman–Crippen LogP) is 2.38. The van der Waals surface area contributed by atoms with Crippen LogP contribution in [-0.4, -0.2) is 41.9 Å². The van der Waals surface area contributed by atoms with Crippen molar-refractivity contribution in [3.63, 3.8) is 0 Å². The zero-order valence-electron chi connectivity index (χ0n) is 10.1. The van der Waals surface area contributed by atoms with Gasteiger partial charge in [-0.2, -0.15) is 0 Å². The third-order valence-corrected chi connectivity index (χ3v) is 3.53. The molecule has 2 fully saturated rings. The number of hydrogen-bond acceptors (Lipinski definition) is 2. The summed E-state index contributed by atoms with van der Waals surface area (Å²) in [5, 5.41) is 0. The molecule has 0 bridgehead atoms. The summed E-state index contributed by atoms with van der Waals surface area (Å²) in [7, 11) is 0. The van der Waals surface area contributed by atoms with Crippen LogP contribution in [0.3, 0.4) is 0 Å². The van der Waals surface area contributed by atoms with E-state index in [1.54, 1.807) is 0 Å². The molecule has 0 N–H and O–H groups in total. The van der Waals surface area contributed by atoms with Crippen LogP contribution in [0.4, 0.5) is 4.39 Å². The zero-order valence-corrected chi connectivity index (χ0v) is 10.1. The Balaban J connectivity index is 1.99. The number of rotatable bonds is 2. The largest absolute Gasteiger partial charge is 0.374 e. The first-order valence-corrected chi connectivity index (χ1v) is 5.94. The minimum atomic E-state index is -0.645. The highest BCUT2D eigenvalue weighted by molar-refractivity contribution is 5.03. The molecule has 2 aliphatic rings. The Morgan fingerprint density at radius 1 is 1.47 bits per heavy atom. The highest BCUT2D eigenvalue weighted by Gasteiger charge is 2.49. The standard InChI is InChI=1S/C12H22FNO/c1-11(2,3)15-9-12-5-4-6-14(12)8-10(13)7-12/h10H,4-9H2,1-3H3/t10-,12+/m1/s1. The van der Waals surface area contributed by atoms with E-state index in [9.17, 15) is 4.39 Å². The summed E-state index contributed by atoms with van der Waals surface area (Å²) in [6, 6.07) is 0. The molecule has 0 unspecified atom stereocenters. The van der Waals surface area contributed by atoms with Gasteiger partial charge >= 0.3 is 0 Å². The van der Waals surface area contributed by atoms with Crippen molar-refractivity contribution in [1.82, 2.24) is 4.90 Å². The number of fused-ring (bicyclic) bond motifs is 1. The lowest BCUT2D eigenvalue weighted by atomic mass is 9.94. The van der Waals surface area contributed by atoms with Crippen molar-refractivity contribution in [3.05, 3.63) is 0 Å². The average Bonchev–Trinajstić information content (AvgIpc) is 2.55. The van der Waals surface area contributed by atoms with Gasteiger partial charge in [0.15, 0.2) is 0 Å². The molecule has 0 aromatic rings. The highest BCUT2D eigenvalue weighted by atomic mass is 19.1. The molecule has 0 aromatic carbocycles. The minimum absolute atomic E-state index is 0.0205. The van der Waals surface area contributed by atoms with Gasteiger partial charge in [-0.15, -0.1) is 0 Å². The highest BCUT2D eigenvalue weighted by Crippen LogP contribution is 2.40. The fourth-order valence-corrected chi connectivity index (χ4v) is 2.80. The first-order valence-electron chi connectivity index (χ1n) is 5.94. The van der Waals surface area contributed by atoms with Crippen molar-refractivity contribution in [3.8, 4) is 0 Å². The van der Waals surface area contributed by atoms with Crippen molar-refractivity contribution >= 4 is 0 Å². The van der Waals surface area contributed by atoms with E-state index in [2.05, 4.69) is 25.7 Å². The predicted molar refractivity (Wildman–Crippen MR) is 58.8 cm³/mol. The minimum Gasteiger partial charge on any atom is -0.374 e. The smallest absolute Gasteiger partial charge is 0.115 e. The molecule has 3 heteroatoms. The van der Waals surface area contributed by atoms with Crippen LogP contribution in [-0.2, 0) is 4.74 Å². The number of halogens is 1. The van der Waals surface area contributed by atoms with Gasteiger partial charge in [0.1, 0.15) is 6.17 Å². The van der Waals surface area contributed by atoms with Gasteiger partial charge in [-0.25, -0.2) is 4.39 Å². The van der Waals surface area contributed by atoms with Crippen molar-refractivity contribution in [2.75, 3.05) is 19.7 Å². The van der Waals surface area contributed by atoms with Crippen LogP contribution in [0.15, 0.2) is 0 Å². The molecule has 2 rings (SSSR count). The van der Waals surface area contributed by atoms with Crippen LogP contribution in [0.1, 0.15) is 40.0 Å². The van der Waals surface area contributed by atoms with Crippen LogP contribution in [0, 0.1) is 0 Å². The maximum atomic E-state index is 13.4. The Morgan fingerprint density at radius 2 is 2.20 bits per heavy atom. The van der Waals surface area contributed by atoms with Crippen LogP contribution < -0.4 is 0 Å². The van der Waals surface area contributed by atoms with E-state index >= 15 is 0 Å². The van der Waals surface area contributed by atoms with Crippen molar-refractivity contribution in [1.29, 1.82) is 0 Å². The summed E-state index contributed by atoms with van der Waals surface area (Å²) in [5.74, 6) is 0. The van der Waals surface area contributed by atoms with Gasteiger partial charge in [0.05, 0.1) is 12.2 Å². The second kappa shape index (κ2) is 3.70. The van der Waals surface area contributed by atoms with E-state index in [1.807, 2.05) is 0 Å². The van der Waals surface area contributed by atoms with Crippen molar-refractivity contribution in [2.45, 2.75) is 57.3 Å². The molecule has 0 radical (unpaired) electrons. The van der Waals surface area contributed by atoms with Crippen LogP contribution >= 0.6 is 0 Å². The molecule has 0 amide bonds. The van der Waals surface area contributed by atoms with Gasteiger partial charge in [-0.05, 0) is 40.2 Å². The molecular weight excluding hydrogens is 193 g/mol. The average molecular weight is 215 g/mol. The van der Waals surface area contributed by atoms with Gasteiger partial charge in [0.2, 0.25) is 0 Å². The fraction of sp³-hybridized carbons (Fsp3) is 1.00. The molecule has 0 aromatic heterocycles. The third-order valence-electron chi connectivity index (χ3n) is 3.53. The first kappa shape index (κ1) is 11.3. The molecule has 2 heterocycles. The first-order chi connectivity index (χ1) is 6.91. The molecule has 15 heavy (non-hydrogen) atoms. The van der Waals surface area contributed by atoms with E-state index in [0.29, 0.717) is 19.6 Å². The Labute approximate surface area is 91.8 Å². The topological polar surface area (TPSA) is 12.5 Å². The fourth-order valence-electron chi connectivity index (χ4n) is 2.80. The maximum Gasteiger partial charge on any atom is 0.115 e. The summed E-state index contributed by atoms with van der Waals surface area (Å²) in [4.78, 5) is 2.30. The molecule has 2 saturated heterocycles. The second-order valence-corrected chi connectivity index (χ2v) is 5.98. The van der Waals surface area contributed by atoms with Crippen molar-refractivity contribution in [2.24, 2.45) is 0 Å². The summed E-state index contributed by atoms with van der Waals surface area (Å²) >= 11 is 0. The summed E-state index contributed by atoms with van der Waals surface area (Å²) in [5.41, 5.74) is -0.0931. The van der Waals surface area contributed by atoms with Crippen LogP contribution in [0.25, 0.3) is 0 Å². The lowest BCUT2D eigenvalue weighted by Crippen LogP contribution is -2.44. The molecular formula is C12H22FNO. The molecule has 0 aliphatic carbocycles. The third kappa shape index (κ3) is 2.34. The number of ether oxygens (including phenoxy) is 1. The quantitative estimate of drug-likeness (QED) is 0.701. The number of alkyl halides is 1. The summed E-state index contributed by atoms with van der Waals surface area (Å²) in [6.45, 7) is 8.54. The summed E-state index contributed by atoms with van der Waals surface area (Å²) < 4.78 is 19.3. The van der Waals surface area contributed by atoms with Gasteiger partial charge < -0.3 is 4.74 Å². The molecule has 0 spiro atoms. The Bertz CT molecular complexity index is 238. The SMILES string of the molecule is CC(C)(C)OC[C@@]12CCCN1C[C@H](F)C2. The van der Waals surface area contributed by atoms with Crippen LogP contribution in [0.5, 0.6) is 0 Å². The lowest BCUT2D eigenvalue weighted by Gasteiger charge is -2.34. The van der Waals surface area contributed by atoms with Crippen molar-refractivity contribution < 1.29 is 9.13 Å².